The van der Waals surface area contributed by atoms with Gasteiger partial charge in [-0.1, -0.05) is 17.7 Å². The Bertz CT molecular complexity index is 945. The van der Waals surface area contributed by atoms with Crippen molar-refractivity contribution in [1.82, 2.24) is 5.32 Å². The van der Waals surface area contributed by atoms with E-state index in [2.05, 4.69) is 21.2 Å². The Labute approximate surface area is 172 Å². The first-order chi connectivity index (χ1) is 13.3. The maximum absolute atomic E-state index is 13.6. The number of urea groups is 1. The molecule has 0 aliphatic carbocycles. The van der Waals surface area contributed by atoms with Crippen LogP contribution in [-0.2, 0) is 11.2 Å². The largest absolute Gasteiger partial charge is 0.452 e. The van der Waals surface area contributed by atoms with Crippen LogP contribution in [0, 0.1) is 5.82 Å². The van der Waals surface area contributed by atoms with Gasteiger partial charge in [-0.2, -0.15) is 0 Å². The number of carbonyl (C=O) groups excluding carboxylic acids is 2. The zero-order valence-electron chi connectivity index (χ0n) is 14.3. The first-order valence-electron chi connectivity index (χ1n) is 8.19. The van der Waals surface area contributed by atoms with Crippen LogP contribution in [0.1, 0.15) is 5.56 Å². The van der Waals surface area contributed by atoms with E-state index in [0.29, 0.717) is 10.0 Å². The number of anilines is 1. The average molecular weight is 475 g/mol. The highest BCUT2D eigenvalue weighted by atomic mass is 79.9. The summed E-state index contributed by atoms with van der Waals surface area (Å²) in [6.45, 7) is -1.10. The molecule has 0 saturated heterocycles. The Balaban J connectivity index is 2.10. The van der Waals surface area contributed by atoms with Crippen molar-refractivity contribution in [1.29, 1.82) is 0 Å². The van der Waals surface area contributed by atoms with E-state index in [1.807, 2.05) is 0 Å². The van der Waals surface area contributed by atoms with Gasteiger partial charge in [-0.3, -0.25) is 4.79 Å². The number of hydrogen-bond acceptors (Lipinski definition) is 3. The Morgan fingerprint density at radius 1 is 1.39 bits per heavy atom. The molecule has 2 aromatic rings. The molecule has 3 amide bonds. The number of hydrogen-bond donors (Lipinski definition) is 2. The van der Waals surface area contributed by atoms with Gasteiger partial charge in [0.1, 0.15) is 24.3 Å². The SMILES string of the molecule is NC(=O)N[C@@H]1Cc2ccc(Cl)c(Oc3cc(F)ccc3Br)c2N(CCF)C1=O. The summed E-state index contributed by atoms with van der Waals surface area (Å²) in [6, 6.07) is 5.26. The molecule has 1 atom stereocenters. The molecule has 10 heteroatoms. The molecule has 2 aromatic carbocycles. The maximum Gasteiger partial charge on any atom is 0.312 e. The van der Waals surface area contributed by atoms with Gasteiger partial charge in [-0.05, 0) is 39.7 Å². The molecule has 0 unspecified atom stereocenters. The van der Waals surface area contributed by atoms with Crippen molar-refractivity contribution in [3.8, 4) is 11.5 Å². The van der Waals surface area contributed by atoms with Crippen molar-refractivity contribution in [3.05, 3.63) is 51.2 Å². The number of carbonyl (C=O) groups is 2. The van der Waals surface area contributed by atoms with Gasteiger partial charge >= 0.3 is 6.03 Å². The fourth-order valence-corrected chi connectivity index (χ4v) is 3.53. The van der Waals surface area contributed by atoms with E-state index in [1.165, 1.54) is 12.1 Å². The molecule has 0 aromatic heterocycles. The van der Waals surface area contributed by atoms with Crippen LogP contribution in [-0.4, -0.2) is 31.2 Å². The molecule has 0 fully saturated rings. The third kappa shape index (κ3) is 4.05. The van der Waals surface area contributed by atoms with E-state index in [1.54, 1.807) is 12.1 Å². The molecule has 3 N–H and O–H groups in total. The van der Waals surface area contributed by atoms with E-state index in [9.17, 15) is 18.4 Å². The minimum absolute atomic E-state index is 0.0878. The van der Waals surface area contributed by atoms with Gasteiger partial charge in [0.25, 0.3) is 0 Å². The monoisotopic (exact) mass is 473 g/mol. The van der Waals surface area contributed by atoms with E-state index >= 15 is 0 Å². The summed E-state index contributed by atoms with van der Waals surface area (Å²) in [5.74, 6) is -0.846. The molecule has 1 aliphatic rings. The van der Waals surface area contributed by atoms with Gasteiger partial charge in [0, 0.05) is 12.5 Å². The van der Waals surface area contributed by atoms with Crippen LogP contribution in [0.4, 0.5) is 19.3 Å². The molecule has 0 bridgehead atoms. The lowest BCUT2D eigenvalue weighted by atomic mass is 9.96. The highest BCUT2D eigenvalue weighted by molar-refractivity contribution is 9.10. The third-order valence-electron chi connectivity index (χ3n) is 4.15. The molecule has 1 aliphatic heterocycles. The van der Waals surface area contributed by atoms with Crippen LogP contribution in [0.3, 0.4) is 0 Å². The molecule has 0 radical (unpaired) electrons. The Hall–Kier alpha value is -2.39. The number of halogens is 4. The van der Waals surface area contributed by atoms with Gasteiger partial charge < -0.3 is 20.7 Å². The summed E-state index contributed by atoms with van der Waals surface area (Å²) in [6.07, 6.45) is 0.123. The molecule has 1 heterocycles. The van der Waals surface area contributed by atoms with Gasteiger partial charge in [0.2, 0.25) is 5.91 Å². The van der Waals surface area contributed by atoms with Crippen molar-refractivity contribution in [2.24, 2.45) is 5.73 Å². The smallest absolute Gasteiger partial charge is 0.312 e. The number of nitrogens with zero attached hydrogens (tertiary/aromatic N) is 1. The lowest BCUT2D eigenvalue weighted by molar-refractivity contribution is -0.120. The van der Waals surface area contributed by atoms with Gasteiger partial charge in [0.05, 0.1) is 21.7 Å². The number of alkyl halides is 1. The summed E-state index contributed by atoms with van der Waals surface area (Å²) >= 11 is 9.55. The number of benzene rings is 2. The number of rotatable bonds is 5. The van der Waals surface area contributed by atoms with Crippen molar-refractivity contribution in [2.45, 2.75) is 12.5 Å². The number of ether oxygens (including phenoxy) is 1. The first-order valence-corrected chi connectivity index (χ1v) is 9.36. The lowest BCUT2D eigenvalue weighted by Crippen LogP contribution is -2.54. The number of amides is 3. The van der Waals surface area contributed by atoms with Crippen LogP contribution < -0.4 is 20.7 Å². The molecular formula is C18H15BrClF2N3O3. The average Bonchev–Trinajstić information content (AvgIpc) is 2.63. The van der Waals surface area contributed by atoms with Crippen molar-refractivity contribution in [2.75, 3.05) is 18.1 Å². The summed E-state index contributed by atoms with van der Waals surface area (Å²) < 4.78 is 33.1. The predicted molar refractivity (Wildman–Crippen MR) is 104 cm³/mol. The lowest BCUT2D eigenvalue weighted by Gasteiger charge is -2.35. The Morgan fingerprint density at radius 2 is 2.14 bits per heavy atom. The second-order valence-corrected chi connectivity index (χ2v) is 7.27. The molecular weight excluding hydrogens is 460 g/mol. The highest BCUT2D eigenvalue weighted by Crippen LogP contribution is 2.45. The molecule has 6 nitrogen and oxygen atoms in total. The Kier molecular flexibility index (Phi) is 6.04. The summed E-state index contributed by atoms with van der Waals surface area (Å²) in [5, 5.41) is 2.52. The standard InChI is InChI=1S/C18H15BrClF2N3O3/c19-11-3-2-10(22)8-14(11)28-16-12(20)4-1-9-7-13(24-18(23)27)17(26)25(6-5-21)15(9)16/h1-4,8,13H,5-7H2,(H3,23,24,27)/t13-/m1/s1. The molecule has 148 valence electrons. The summed E-state index contributed by atoms with van der Waals surface area (Å²) in [5.41, 5.74) is 6.00. The second-order valence-electron chi connectivity index (χ2n) is 6.01. The Morgan fingerprint density at radius 3 is 2.82 bits per heavy atom. The number of nitrogens with one attached hydrogen (secondary N) is 1. The van der Waals surface area contributed by atoms with Crippen LogP contribution in [0.5, 0.6) is 11.5 Å². The van der Waals surface area contributed by atoms with Crippen molar-refractivity contribution < 1.29 is 23.1 Å². The zero-order chi connectivity index (χ0) is 20.4. The molecule has 0 spiro atoms. The first kappa shape index (κ1) is 20.3. The van der Waals surface area contributed by atoms with E-state index in [4.69, 9.17) is 22.1 Å². The van der Waals surface area contributed by atoms with E-state index in [0.717, 1.165) is 11.0 Å². The van der Waals surface area contributed by atoms with Gasteiger partial charge in [0.15, 0.2) is 5.75 Å². The quantitative estimate of drug-likeness (QED) is 0.689. The predicted octanol–water partition coefficient (Wildman–Crippen LogP) is 3.93. The molecule has 28 heavy (non-hydrogen) atoms. The van der Waals surface area contributed by atoms with Gasteiger partial charge in [-0.25, -0.2) is 13.6 Å². The molecule has 3 rings (SSSR count). The van der Waals surface area contributed by atoms with Crippen LogP contribution in [0.15, 0.2) is 34.8 Å². The van der Waals surface area contributed by atoms with Crippen LogP contribution >= 0.6 is 27.5 Å². The highest BCUT2D eigenvalue weighted by Gasteiger charge is 2.36. The minimum Gasteiger partial charge on any atom is -0.452 e. The molecule has 0 saturated carbocycles. The van der Waals surface area contributed by atoms with E-state index < -0.39 is 30.5 Å². The maximum atomic E-state index is 13.6. The van der Waals surface area contributed by atoms with Gasteiger partial charge in [-0.15, -0.1) is 0 Å². The normalized spacial score (nSPS) is 15.9. The van der Waals surface area contributed by atoms with E-state index in [-0.39, 0.29) is 35.2 Å². The number of nitrogens with two attached hydrogens (primary N) is 1. The zero-order valence-corrected chi connectivity index (χ0v) is 16.7. The summed E-state index contributed by atoms with van der Waals surface area (Å²) in [7, 11) is 0. The van der Waals surface area contributed by atoms with Crippen molar-refractivity contribution >= 4 is 45.2 Å². The van der Waals surface area contributed by atoms with Crippen LogP contribution in [0.2, 0.25) is 5.02 Å². The third-order valence-corrected chi connectivity index (χ3v) is 5.11. The minimum atomic E-state index is -0.938. The topological polar surface area (TPSA) is 84.7 Å². The number of primary amides is 1. The number of fused-ring (bicyclic) bond motifs is 1. The fourth-order valence-electron chi connectivity index (χ4n) is 3.01. The van der Waals surface area contributed by atoms with Crippen LogP contribution in [0.25, 0.3) is 0 Å². The summed E-state index contributed by atoms with van der Waals surface area (Å²) in [4.78, 5) is 25.1. The van der Waals surface area contributed by atoms with Crippen molar-refractivity contribution in [3.63, 3.8) is 0 Å². The second kappa shape index (κ2) is 8.32. The fraction of sp³-hybridized carbons (Fsp3) is 0.222.